The first-order valence-corrected chi connectivity index (χ1v) is 9.28. The van der Waals surface area contributed by atoms with Crippen molar-refractivity contribution >= 4 is 11.6 Å². The van der Waals surface area contributed by atoms with Gasteiger partial charge >= 0.3 is 0 Å². The van der Waals surface area contributed by atoms with Gasteiger partial charge in [-0.3, -0.25) is 9.59 Å². The van der Waals surface area contributed by atoms with E-state index in [2.05, 4.69) is 51.1 Å². The van der Waals surface area contributed by atoms with E-state index in [0.29, 0.717) is 27.7 Å². The van der Waals surface area contributed by atoms with Crippen LogP contribution in [-0.2, 0) is 5.41 Å². The van der Waals surface area contributed by atoms with Crippen LogP contribution in [0.3, 0.4) is 0 Å². The Labute approximate surface area is 160 Å². The van der Waals surface area contributed by atoms with Crippen molar-refractivity contribution in [2.24, 2.45) is 0 Å². The molecule has 0 atom stereocenters. The summed E-state index contributed by atoms with van der Waals surface area (Å²) in [6.45, 7) is 6.79. The molecule has 0 heterocycles. The van der Waals surface area contributed by atoms with Crippen LogP contribution in [0, 0.1) is 0 Å². The molecule has 2 heteroatoms. The number of benzene rings is 3. The van der Waals surface area contributed by atoms with E-state index >= 15 is 0 Å². The first kappa shape index (κ1) is 18.8. The Morgan fingerprint density at radius 2 is 0.926 bits per heavy atom. The van der Waals surface area contributed by atoms with Gasteiger partial charge < -0.3 is 0 Å². The van der Waals surface area contributed by atoms with Crippen LogP contribution < -0.4 is 0 Å². The van der Waals surface area contributed by atoms with Crippen LogP contribution in [0.2, 0.25) is 0 Å². The molecule has 0 spiro atoms. The summed E-state index contributed by atoms with van der Waals surface area (Å²) in [5.74, 6) is -0.128. The van der Waals surface area contributed by atoms with Crippen molar-refractivity contribution in [1.29, 1.82) is 0 Å². The van der Waals surface area contributed by atoms with Gasteiger partial charge in [0.25, 0.3) is 0 Å². The van der Waals surface area contributed by atoms with E-state index in [1.807, 2.05) is 0 Å². The Balaban J connectivity index is 0.000000168. The fourth-order valence-corrected chi connectivity index (χ4v) is 3.14. The largest absolute Gasteiger partial charge is 0.289 e. The maximum Gasteiger partial charge on any atom is 0.194 e. The standard InChI is InChI=1S/C14H8O2.C11H16/c15-13-9-5-1-2-6-10(9)14(16)12-8-4-3-7-11(12)13;1-4-11(2,3)10-8-6-5-7-9-10/h1-8H;5-9H,4H2,1-3H3. The molecule has 2 nitrogen and oxygen atoms in total. The third kappa shape index (κ3) is 3.75. The van der Waals surface area contributed by atoms with Crippen LogP contribution in [0.25, 0.3) is 0 Å². The molecule has 0 aliphatic heterocycles. The first-order valence-electron chi connectivity index (χ1n) is 9.28. The fourth-order valence-electron chi connectivity index (χ4n) is 3.14. The predicted molar refractivity (Wildman–Crippen MR) is 110 cm³/mol. The van der Waals surface area contributed by atoms with Gasteiger partial charge in [-0.15, -0.1) is 0 Å². The van der Waals surface area contributed by atoms with E-state index in [0.717, 1.165) is 0 Å². The molecule has 1 aliphatic rings. The van der Waals surface area contributed by atoms with Crippen molar-refractivity contribution in [3.05, 3.63) is 107 Å². The zero-order chi connectivity index (χ0) is 19.4. The van der Waals surface area contributed by atoms with Crippen LogP contribution in [0.4, 0.5) is 0 Å². The Hall–Kier alpha value is -3.00. The quantitative estimate of drug-likeness (QED) is 0.452. The molecule has 3 aromatic rings. The molecule has 27 heavy (non-hydrogen) atoms. The molecule has 1 aliphatic carbocycles. The van der Waals surface area contributed by atoms with Gasteiger partial charge in [-0.05, 0) is 17.4 Å². The lowest BCUT2D eigenvalue weighted by Crippen LogP contribution is -2.20. The summed E-state index contributed by atoms with van der Waals surface area (Å²) in [6, 6.07) is 24.6. The number of carbonyl (C=O) groups is 2. The first-order chi connectivity index (χ1) is 13.0. The average molecular weight is 356 g/mol. The second-order valence-corrected chi connectivity index (χ2v) is 7.35. The number of carbonyl (C=O) groups excluding carboxylic acids is 2. The monoisotopic (exact) mass is 356 g/mol. The molecular weight excluding hydrogens is 332 g/mol. The summed E-state index contributed by atoms with van der Waals surface area (Å²) in [5.41, 5.74) is 3.79. The number of fused-ring (bicyclic) bond motifs is 2. The lowest BCUT2D eigenvalue weighted by Gasteiger charge is -2.22. The molecule has 4 rings (SSSR count). The maximum absolute atomic E-state index is 12.1. The summed E-state index contributed by atoms with van der Waals surface area (Å²) in [4.78, 5) is 24.2. The summed E-state index contributed by atoms with van der Waals surface area (Å²) < 4.78 is 0. The molecule has 3 aromatic carbocycles. The van der Waals surface area contributed by atoms with Gasteiger partial charge in [0, 0.05) is 22.3 Å². The Morgan fingerprint density at radius 3 is 1.26 bits per heavy atom. The van der Waals surface area contributed by atoms with Crippen molar-refractivity contribution in [2.75, 3.05) is 0 Å². The molecule has 0 N–H and O–H groups in total. The molecule has 0 bridgehead atoms. The van der Waals surface area contributed by atoms with Gasteiger partial charge in [-0.25, -0.2) is 0 Å². The van der Waals surface area contributed by atoms with Gasteiger partial charge in [-0.2, -0.15) is 0 Å². The summed E-state index contributed by atoms with van der Waals surface area (Å²) in [5, 5.41) is 0. The summed E-state index contributed by atoms with van der Waals surface area (Å²) in [6.07, 6.45) is 1.19. The highest BCUT2D eigenvalue weighted by Crippen LogP contribution is 2.27. The Morgan fingerprint density at radius 1 is 0.593 bits per heavy atom. The normalized spacial score (nSPS) is 12.6. The lowest BCUT2D eigenvalue weighted by atomic mass is 9.82. The smallest absolute Gasteiger partial charge is 0.194 e. The zero-order valence-electron chi connectivity index (χ0n) is 16.0. The van der Waals surface area contributed by atoms with Gasteiger partial charge in [0.15, 0.2) is 11.6 Å². The molecule has 0 amide bonds. The van der Waals surface area contributed by atoms with Crippen molar-refractivity contribution < 1.29 is 9.59 Å². The summed E-state index contributed by atoms with van der Waals surface area (Å²) in [7, 11) is 0. The number of rotatable bonds is 2. The minimum absolute atomic E-state index is 0.0641. The minimum atomic E-state index is -0.0641. The third-order valence-electron chi connectivity index (χ3n) is 5.27. The number of ketones is 2. The topological polar surface area (TPSA) is 34.1 Å². The molecule has 0 saturated carbocycles. The second kappa shape index (κ2) is 7.71. The molecule has 136 valence electrons. The summed E-state index contributed by atoms with van der Waals surface area (Å²) >= 11 is 0. The highest BCUT2D eigenvalue weighted by molar-refractivity contribution is 6.28. The molecule has 0 fully saturated rings. The molecular formula is C25H24O2. The van der Waals surface area contributed by atoms with E-state index < -0.39 is 0 Å². The Bertz CT molecular complexity index is 863. The highest BCUT2D eigenvalue weighted by Gasteiger charge is 2.28. The van der Waals surface area contributed by atoms with E-state index in [4.69, 9.17) is 0 Å². The van der Waals surface area contributed by atoms with Crippen LogP contribution in [0.15, 0.2) is 78.9 Å². The fraction of sp³-hybridized carbons (Fsp3) is 0.200. The Kier molecular flexibility index (Phi) is 5.36. The second-order valence-electron chi connectivity index (χ2n) is 7.35. The predicted octanol–water partition coefficient (Wildman–Crippen LogP) is 5.84. The molecule has 0 aromatic heterocycles. The van der Waals surface area contributed by atoms with Gasteiger partial charge in [0.2, 0.25) is 0 Å². The van der Waals surface area contributed by atoms with E-state index in [1.165, 1.54) is 12.0 Å². The SMILES string of the molecule is CCC(C)(C)c1ccccc1.O=C1c2ccccc2C(=O)c2ccccc21. The van der Waals surface area contributed by atoms with Gasteiger partial charge in [-0.1, -0.05) is 99.6 Å². The van der Waals surface area contributed by atoms with Crippen LogP contribution in [0.1, 0.15) is 64.6 Å². The minimum Gasteiger partial charge on any atom is -0.289 e. The van der Waals surface area contributed by atoms with Crippen LogP contribution >= 0.6 is 0 Å². The van der Waals surface area contributed by atoms with Crippen molar-refractivity contribution in [2.45, 2.75) is 32.6 Å². The van der Waals surface area contributed by atoms with Crippen molar-refractivity contribution in [1.82, 2.24) is 0 Å². The molecule has 0 radical (unpaired) electrons. The average Bonchev–Trinajstić information content (AvgIpc) is 2.73. The molecule has 0 saturated heterocycles. The van der Waals surface area contributed by atoms with Crippen molar-refractivity contribution in [3.63, 3.8) is 0 Å². The number of hydrogen-bond donors (Lipinski definition) is 0. The van der Waals surface area contributed by atoms with Crippen molar-refractivity contribution in [3.8, 4) is 0 Å². The highest BCUT2D eigenvalue weighted by atomic mass is 16.1. The molecule has 0 unspecified atom stereocenters. The van der Waals surface area contributed by atoms with Gasteiger partial charge in [0.05, 0.1) is 0 Å². The van der Waals surface area contributed by atoms with Gasteiger partial charge in [0.1, 0.15) is 0 Å². The van der Waals surface area contributed by atoms with Crippen LogP contribution in [0.5, 0.6) is 0 Å². The lowest BCUT2D eigenvalue weighted by molar-refractivity contribution is 0.0979. The number of hydrogen-bond acceptors (Lipinski definition) is 2. The maximum atomic E-state index is 12.1. The zero-order valence-corrected chi connectivity index (χ0v) is 16.0. The third-order valence-corrected chi connectivity index (χ3v) is 5.27. The van der Waals surface area contributed by atoms with Crippen LogP contribution in [-0.4, -0.2) is 11.6 Å². The van der Waals surface area contributed by atoms with E-state index in [9.17, 15) is 9.59 Å². The van der Waals surface area contributed by atoms with E-state index in [-0.39, 0.29) is 11.6 Å². The van der Waals surface area contributed by atoms with E-state index in [1.54, 1.807) is 48.5 Å².